The maximum Gasteiger partial charge on any atom is 0.254 e. The number of carbonyl (C=O) groups is 1. The molecule has 2 N–H and O–H groups in total. The number of rotatable bonds is 5. The molecule has 1 heterocycles. The minimum absolute atomic E-state index is 0.126. The minimum atomic E-state index is -0.786. The van der Waals surface area contributed by atoms with Crippen LogP contribution in [0.3, 0.4) is 0 Å². The Hall–Kier alpha value is -2.34. The van der Waals surface area contributed by atoms with Crippen LogP contribution in [-0.4, -0.2) is 34.4 Å². The third kappa shape index (κ3) is 3.36. The predicted octanol–water partition coefficient (Wildman–Crippen LogP) is 0.892. The zero-order valence-corrected chi connectivity index (χ0v) is 11.4. The van der Waals surface area contributed by atoms with Crippen molar-refractivity contribution in [2.75, 3.05) is 13.7 Å². The molecule has 0 aliphatic heterocycles. The number of aliphatic hydroxyl groups excluding tert-OH is 1. The van der Waals surface area contributed by atoms with Crippen LogP contribution in [0.1, 0.15) is 22.0 Å². The molecule has 1 aromatic heterocycles. The van der Waals surface area contributed by atoms with Gasteiger partial charge in [0.25, 0.3) is 5.91 Å². The fourth-order valence-electron chi connectivity index (χ4n) is 1.80. The summed E-state index contributed by atoms with van der Waals surface area (Å²) in [5, 5.41) is 16.6. The Morgan fingerprint density at radius 3 is 3.00 bits per heavy atom. The summed E-state index contributed by atoms with van der Waals surface area (Å²) in [6, 6.07) is 7.11. The lowest BCUT2D eigenvalue weighted by atomic mass is 10.1. The Balaban J connectivity index is 1.94. The van der Waals surface area contributed by atoms with Gasteiger partial charge in [0.2, 0.25) is 0 Å². The lowest BCUT2D eigenvalue weighted by molar-refractivity contribution is 0.0916. The summed E-state index contributed by atoms with van der Waals surface area (Å²) in [6.07, 6.45) is 2.31. The number of hydrogen-bond acceptors (Lipinski definition) is 4. The number of nitrogens with zero attached hydrogens (tertiary/aromatic N) is 2. The van der Waals surface area contributed by atoms with Gasteiger partial charge in [0, 0.05) is 19.8 Å². The van der Waals surface area contributed by atoms with E-state index in [0.717, 1.165) is 0 Å². The second-order valence-corrected chi connectivity index (χ2v) is 4.41. The zero-order valence-electron chi connectivity index (χ0n) is 11.4. The summed E-state index contributed by atoms with van der Waals surface area (Å²) in [7, 11) is 3.30. The Labute approximate surface area is 117 Å². The van der Waals surface area contributed by atoms with E-state index in [-0.39, 0.29) is 12.5 Å². The summed E-state index contributed by atoms with van der Waals surface area (Å²) in [5.74, 6) is 0.403. The smallest absolute Gasteiger partial charge is 0.254 e. The van der Waals surface area contributed by atoms with Gasteiger partial charge in [-0.05, 0) is 17.7 Å². The molecule has 20 heavy (non-hydrogen) atoms. The minimum Gasteiger partial charge on any atom is -0.497 e. The van der Waals surface area contributed by atoms with Crippen LogP contribution in [0.15, 0.2) is 36.7 Å². The van der Waals surface area contributed by atoms with E-state index in [1.807, 2.05) is 0 Å². The maximum atomic E-state index is 11.8. The van der Waals surface area contributed by atoms with Crippen LogP contribution < -0.4 is 10.1 Å². The van der Waals surface area contributed by atoms with E-state index in [9.17, 15) is 9.90 Å². The van der Waals surface area contributed by atoms with E-state index < -0.39 is 6.10 Å². The van der Waals surface area contributed by atoms with Crippen molar-refractivity contribution in [3.8, 4) is 5.75 Å². The molecule has 106 valence electrons. The Kier molecular flexibility index (Phi) is 4.37. The number of amides is 1. The molecule has 0 fully saturated rings. The topological polar surface area (TPSA) is 76.4 Å². The van der Waals surface area contributed by atoms with E-state index in [2.05, 4.69) is 10.4 Å². The molecule has 0 aliphatic carbocycles. The highest BCUT2D eigenvalue weighted by atomic mass is 16.5. The fourth-order valence-corrected chi connectivity index (χ4v) is 1.80. The molecule has 1 amide bonds. The Morgan fingerprint density at radius 1 is 1.55 bits per heavy atom. The zero-order chi connectivity index (χ0) is 14.5. The molecule has 0 bridgehead atoms. The second kappa shape index (κ2) is 6.21. The lowest BCUT2D eigenvalue weighted by Gasteiger charge is -2.12. The van der Waals surface area contributed by atoms with Gasteiger partial charge in [0.15, 0.2) is 0 Å². The summed E-state index contributed by atoms with van der Waals surface area (Å²) < 4.78 is 6.64. The molecule has 0 saturated carbocycles. The van der Waals surface area contributed by atoms with Crippen molar-refractivity contribution in [2.45, 2.75) is 6.10 Å². The molecule has 1 atom stereocenters. The molecular weight excluding hydrogens is 258 g/mol. The summed E-state index contributed by atoms with van der Waals surface area (Å²) >= 11 is 0. The van der Waals surface area contributed by atoms with Gasteiger partial charge in [-0.25, -0.2) is 0 Å². The molecule has 0 aliphatic rings. The molecule has 0 radical (unpaired) electrons. The Bertz CT molecular complexity index is 595. The number of benzene rings is 1. The van der Waals surface area contributed by atoms with Crippen molar-refractivity contribution in [2.24, 2.45) is 7.05 Å². The number of hydrogen-bond donors (Lipinski definition) is 2. The first kappa shape index (κ1) is 14.1. The third-order valence-electron chi connectivity index (χ3n) is 2.90. The molecule has 1 unspecified atom stereocenters. The van der Waals surface area contributed by atoms with Gasteiger partial charge < -0.3 is 15.2 Å². The van der Waals surface area contributed by atoms with Gasteiger partial charge in [-0.3, -0.25) is 9.48 Å². The van der Waals surface area contributed by atoms with E-state index >= 15 is 0 Å². The van der Waals surface area contributed by atoms with Crippen LogP contribution in [0.5, 0.6) is 5.75 Å². The first-order chi connectivity index (χ1) is 9.60. The number of methoxy groups -OCH3 is 1. The predicted molar refractivity (Wildman–Crippen MR) is 73.5 cm³/mol. The highest BCUT2D eigenvalue weighted by molar-refractivity contribution is 5.93. The molecule has 6 nitrogen and oxygen atoms in total. The molecule has 2 rings (SSSR count). The number of carbonyl (C=O) groups excluding carboxylic acids is 1. The van der Waals surface area contributed by atoms with Crippen LogP contribution in [0.4, 0.5) is 0 Å². The van der Waals surface area contributed by atoms with Crippen molar-refractivity contribution >= 4 is 5.91 Å². The van der Waals surface area contributed by atoms with Crippen molar-refractivity contribution in [3.63, 3.8) is 0 Å². The first-order valence-corrected chi connectivity index (χ1v) is 6.19. The average molecular weight is 275 g/mol. The van der Waals surface area contributed by atoms with Gasteiger partial charge >= 0.3 is 0 Å². The quantitative estimate of drug-likeness (QED) is 0.849. The van der Waals surface area contributed by atoms with Gasteiger partial charge in [-0.15, -0.1) is 0 Å². The molecule has 1 aromatic carbocycles. The normalized spacial score (nSPS) is 11.9. The van der Waals surface area contributed by atoms with E-state index in [4.69, 9.17) is 4.74 Å². The van der Waals surface area contributed by atoms with Gasteiger partial charge in [-0.1, -0.05) is 12.1 Å². The van der Waals surface area contributed by atoms with Gasteiger partial charge in [-0.2, -0.15) is 5.10 Å². The molecule has 0 saturated heterocycles. The van der Waals surface area contributed by atoms with Crippen molar-refractivity contribution in [3.05, 3.63) is 47.8 Å². The third-order valence-corrected chi connectivity index (χ3v) is 2.90. The second-order valence-electron chi connectivity index (χ2n) is 4.41. The number of ether oxygens (including phenoxy) is 1. The van der Waals surface area contributed by atoms with Gasteiger partial charge in [0.05, 0.1) is 25.0 Å². The van der Waals surface area contributed by atoms with Crippen LogP contribution in [0.2, 0.25) is 0 Å². The maximum absolute atomic E-state index is 11.8. The number of nitrogens with one attached hydrogen (secondary N) is 1. The summed E-state index contributed by atoms with van der Waals surface area (Å²) in [4.78, 5) is 11.8. The van der Waals surface area contributed by atoms with Crippen LogP contribution in [0, 0.1) is 0 Å². The molecule has 0 spiro atoms. The van der Waals surface area contributed by atoms with Crippen molar-refractivity contribution in [1.82, 2.24) is 15.1 Å². The highest BCUT2D eigenvalue weighted by Gasteiger charge is 2.12. The van der Waals surface area contributed by atoms with Crippen LogP contribution >= 0.6 is 0 Å². The van der Waals surface area contributed by atoms with Crippen molar-refractivity contribution in [1.29, 1.82) is 0 Å². The number of aryl methyl sites for hydroxylation is 1. The lowest BCUT2D eigenvalue weighted by Crippen LogP contribution is -2.28. The van der Waals surface area contributed by atoms with Crippen molar-refractivity contribution < 1.29 is 14.6 Å². The number of aliphatic hydroxyl groups is 1. The van der Waals surface area contributed by atoms with Gasteiger partial charge in [0.1, 0.15) is 5.75 Å². The Morgan fingerprint density at radius 2 is 2.35 bits per heavy atom. The molecule has 6 heteroatoms. The monoisotopic (exact) mass is 275 g/mol. The largest absolute Gasteiger partial charge is 0.497 e. The number of aromatic nitrogens is 2. The van der Waals surface area contributed by atoms with E-state index in [1.165, 1.54) is 6.20 Å². The summed E-state index contributed by atoms with van der Waals surface area (Å²) in [5.41, 5.74) is 1.15. The molecule has 2 aromatic rings. The molecular formula is C14H17N3O3. The van der Waals surface area contributed by atoms with E-state index in [1.54, 1.807) is 49.3 Å². The standard InChI is InChI=1S/C14H17N3O3/c1-17-9-11(7-16-17)14(19)15-8-13(18)10-4-3-5-12(6-10)20-2/h3-7,9,13,18H,8H2,1-2H3,(H,15,19). The average Bonchev–Trinajstić information content (AvgIpc) is 2.91. The van der Waals surface area contributed by atoms with Crippen LogP contribution in [-0.2, 0) is 7.05 Å². The SMILES string of the molecule is COc1cccc(C(O)CNC(=O)c2cnn(C)c2)c1. The van der Waals surface area contributed by atoms with Crippen LogP contribution in [0.25, 0.3) is 0 Å². The fraction of sp³-hybridized carbons (Fsp3) is 0.286. The first-order valence-electron chi connectivity index (χ1n) is 6.19. The van der Waals surface area contributed by atoms with E-state index in [0.29, 0.717) is 16.9 Å². The summed E-state index contributed by atoms with van der Waals surface area (Å²) in [6.45, 7) is 0.126. The highest BCUT2D eigenvalue weighted by Crippen LogP contribution is 2.18.